The van der Waals surface area contributed by atoms with Crippen molar-refractivity contribution in [2.75, 3.05) is 6.54 Å². The molecule has 0 saturated carbocycles. The summed E-state index contributed by atoms with van der Waals surface area (Å²) in [5.41, 5.74) is 0. The quantitative estimate of drug-likeness (QED) is 0.629. The molecule has 0 unspecified atom stereocenters. The lowest BCUT2D eigenvalue weighted by Crippen LogP contribution is -2.24. The molecule has 0 atom stereocenters. The molecule has 1 N–H and O–H groups in total. The van der Waals surface area contributed by atoms with Crippen LogP contribution in [0.3, 0.4) is 0 Å². The van der Waals surface area contributed by atoms with Gasteiger partial charge in [-0.15, -0.1) is 0 Å². The fourth-order valence-electron chi connectivity index (χ4n) is 1.28. The summed E-state index contributed by atoms with van der Waals surface area (Å²) >= 11 is 0. The van der Waals surface area contributed by atoms with Gasteiger partial charge in [0.05, 0.1) is 0 Å². The Kier molecular flexibility index (Phi) is 7.96. The first-order valence-corrected chi connectivity index (χ1v) is 5.78. The van der Waals surface area contributed by atoms with Crippen molar-refractivity contribution in [1.82, 2.24) is 5.32 Å². The summed E-state index contributed by atoms with van der Waals surface area (Å²) < 4.78 is 0. The molecular weight excluding hydrogens is 190 g/mol. The average Bonchev–Trinajstić information content (AvgIpc) is 2.13. The van der Waals surface area contributed by atoms with E-state index in [1.807, 2.05) is 0 Å². The van der Waals surface area contributed by atoms with Crippen LogP contribution in [0.25, 0.3) is 0 Å². The summed E-state index contributed by atoms with van der Waals surface area (Å²) in [6.07, 6.45) is 4.09. The minimum Gasteiger partial charge on any atom is -0.356 e. The average molecular weight is 213 g/mol. The van der Waals surface area contributed by atoms with Gasteiger partial charge in [0, 0.05) is 19.4 Å². The minimum absolute atomic E-state index is 0.00486. The van der Waals surface area contributed by atoms with Gasteiger partial charge in [-0.1, -0.05) is 26.7 Å². The molecule has 0 aromatic rings. The van der Waals surface area contributed by atoms with Crippen LogP contribution in [0.15, 0.2) is 0 Å². The van der Waals surface area contributed by atoms with Crippen LogP contribution in [-0.4, -0.2) is 18.2 Å². The summed E-state index contributed by atoms with van der Waals surface area (Å²) in [4.78, 5) is 21.8. The second-order valence-electron chi connectivity index (χ2n) is 4.44. The number of hydrogen-bond donors (Lipinski definition) is 1. The summed E-state index contributed by atoms with van der Waals surface area (Å²) in [5.74, 6) is 0.804. The number of amides is 1. The number of ketones is 1. The van der Waals surface area contributed by atoms with Crippen molar-refractivity contribution in [3.8, 4) is 0 Å². The van der Waals surface area contributed by atoms with Crippen molar-refractivity contribution in [1.29, 1.82) is 0 Å². The largest absolute Gasteiger partial charge is 0.356 e. The molecule has 0 spiro atoms. The normalized spacial score (nSPS) is 10.4. The second-order valence-corrected chi connectivity index (χ2v) is 4.44. The van der Waals surface area contributed by atoms with Crippen LogP contribution in [0.4, 0.5) is 0 Å². The van der Waals surface area contributed by atoms with E-state index < -0.39 is 0 Å². The van der Waals surface area contributed by atoms with Crippen LogP contribution < -0.4 is 5.32 Å². The standard InChI is InChI=1S/C12H23NO2/c1-10(2)6-4-5-9-13-12(15)8-7-11(3)14/h10H,4-9H2,1-3H3,(H,13,15). The molecule has 88 valence electrons. The fourth-order valence-corrected chi connectivity index (χ4v) is 1.28. The molecular formula is C12H23NO2. The van der Waals surface area contributed by atoms with Gasteiger partial charge in [-0.05, 0) is 19.3 Å². The Morgan fingerprint density at radius 3 is 2.33 bits per heavy atom. The van der Waals surface area contributed by atoms with Crippen molar-refractivity contribution in [2.45, 2.75) is 52.9 Å². The van der Waals surface area contributed by atoms with E-state index in [1.54, 1.807) is 0 Å². The monoisotopic (exact) mass is 213 g/mol. The lowest BCUT2D eigenvalue weighted by atomic mass is 10.1. The number of carbonyl (C=O) groups excluding carboxylic acids is 2. The third-order valence-corrected chi connectivity index (χ3v) is 2.23. The number of nitrogens with one attached hydrogen (secondary N) is 1. The van der Waals surface area contributed by atoms with Crippen molar-refractivity contribution in [3.63, 3.8) is 0 Å². The molecule has 15 heavy (non-hydrogen) atoms. The summed E-state index contributed by atoms with van der Waals surface area (Å²) in [6, 6.07) is 0. The SMILES string of the molecule is CC(=O)CCC(=O)NCCCCC(C)C. The predicted molar refractivity (Wildman–Crippen MR) is 61.6 cm³/mol. The van der Waals surface area contributed by atoms with Crippen molar-refractivity contribution < 1.29 is 9.59 Å². The molecule has 0 saturated heterocycles. The lowest BCUT2D eigenvalue weighted by Gasteiger charge is -2.05. The van der Waals surface area contributed by atoms with Crippen molar-refractivity contribution >= 4 is 11.7 Å². The Labute approximate surface area is 92.6 Å². The van der Waals surface area contributed by atoms with E-state index in [0.717, 1.165) is 25.3 Å². The topological polar surface area (TPSA) is 46.2 Å². The van der Waals surface area contributed by atoms with Gasteiger partial charge in [0.2, 0.25) is 5.91 Å². The summed E-state index contributed by atoms with van der Waals surface area (Å²) in [7, 11) is 0. The molecule has 0 heterocycles. The Balaban J connectivity index is 3.28. The maximum atomic E-state index is 11.2. The summed E-state index contributed by atoms with van der Waals surface area (Å²) in [6.45, 7) is 6.65. The molecule has 3 nitrogen and oxygen atoms in total. The van der Waals surface area contributed by atoms with E-state index in [9.17, 15) is 9.59 Å². The second kappa shape index (κ2) is 8.45. The van der Waals surface area contributed by atoms with E-state index >= 15 is 0 Å². The Bertz CT molecular complexity index is 200. The van der Waals surface area contributed by atoms with Gasteiger partial charge in [-0.2, -0.15) is 0 Å². The lowest BCUT2D eigenvalue weighted by molar-refractivity contribution is -0.124. The molecule has 0 radical (unpaired) electrons. The molecule has 0 aliphatic rings. The van der Waals surface area contributed by atoms with Gasteiger partial charge in [0.25, 0.3) is 0 Å². The highest BCUT2D eigenvalue weighted by atomic mass is 16.2. The van der Waals surface area contributed by atoms with E-state index in [2.05, 4.69) is 19.2 Å². The maximum Gasteiger partial charge on any atom is 0.220 e. The molecule has 3 heteroatoms. The van der Waals surface area contributed by atoms with Crippen LogP contribution in [0.5, 0.6) is 0 Å². The Hall–Kier alpha value is -0.860. The minimum atomic E-state index is -0.00486. The van der Waals surface area contributed by atoms with E-state index in [0.29, 0.717) is 12.8 Å². The van der Waals surface area contributed by atoms with E-state index in [-0.39, 0.29) is 11.7 Å². The highest BCUT2D eigenvalue weighted by molar-refractivity contribution is 5.83. The van der Waals surface area contributed by atoms with Gasteiger partial charge in [-0.25, -0.2) is 0 Å². The number of Topliss-reactive ketones (excluding diaryl/α,β-unsaturated/α-hetero) is 1. The molecule has 0 aliphatic heterocycles. The van der Waals surface area contributed by atoms with E-state index in [1.165, 1.54) is 13.3 Å². The zero-order chi connectivity index (χ0) is 11.7. The number of unbranched alkanes of at least 4 members (excludes halogenated alkanes) is 1. The Morgan fingerprint density at radius 1 is 1.13 bits per heavy atom. The maximum absolute atomic E-state index is 11.2. The van der Waals surface area contributed by atoms with Crippen LogP contribution in [0.1, 0.15) is 52.9 Å². The zero-order valence-electron chi connectivity index (χ0n) is 10.1. The van der Waals surface area contributed by atoms with Crippen LogP contribution in [0.2, 0.25) is 0 Å². The molecule has 0 fully saturated rings. The van der Waals surface area contributed by atoms with Gasteiger partial charge in [0.1, 0.15) is 5.78 Å². The van der Waals surface area contributed by atoms with Crippen LogP contribution >= 0.6 is 0 Å². The molecule has 0 rings (SSSR count). The van der Waals surface area contributed by atoms with Gasteiger partial charge in [0.15, 0.2) is 0 Å². The fraction of sp³-hybridized carbons (Fsp3) is 0.833. The van der Waals surface area contributed by atoms with Gasteiger partial charge < -0.3 is 10.1 Å². The highest BCUT2D eigenvalue weighted by Gasteiger charge is 2.02. The molecule has 0 aromatic heterocycles. The molecule has 0 aliphatic carbocycles. The van der Waals surface area contributed by atoms with Gasteiger partial charge in [-0.3, -0.25) is 4.79 Å². The zero-order valence-corrected chi connectivity index (χ0v) is 10.1. The van der Waals surface area contributed by atoms with Crippen LogP contribution in [-0.2, 0) is 9.59 Å². The summed E-state index contributed by atoms with van der Waals surface area (Å²) in [5, 5.41) is 2.82. The first-order chi connectivity index (χ1) is 7.02. The first-order valence-electron chi connectivity index (χ1n) is 5.78. The third-order valence-electron chi connectivity index (χ3n) is 2.23. The number of hydrogen-bond acceptors (Lipinski definition) is 2. The van der Waals surface area contributed by atoms with E-state index in [4.69, 9.17) is 0 Å². The van der Waals surface area contributed by atoms with Crippen molar-refractivity contribution in [2.24, 2.45) is 5.92 Å². The molecule has 0 aromatic carbocycles. The number of rotatable bonds is 8. The smallest absolute Gasteiger partial charge is 0.220 e. The number of carbonyl (C=O) groups is 2. The Morgan fingerprint density at radius 2 is 1.80 bits per heavy atom. The molecule has 0 bridgehead atoms. The highest BCUT2D eigenvalue weighted by Crippen LogP contribution is 2.05. The third kappa shape index (κ3) is 11.1. The van der Waals surface area contributed by atoms with Crippen molar-refractivity contribution in [3.05, 3.63) is 0 Å². The van der Waals surface area contributed by atoms with Crippen LogP contribution in [0, 0.1) is 5.92 Å². The predicted octanol–water partition coefficient (Wildman–Crippen LogP) is 2.30. The molecule has 1 amide bonds. The van der Waals surface area contributed by atoms with Gasteiger partial charge >= 0.3 is 0 Å². The first kappa shape index (κ1) is 14.1.